The van der Waals surface area contributed by atoms with Gasteiger partial charge < -0.3 is 9.84 Å². The van der Waals surface area contributed by atoms with E-state index in [1.165, 1.54) is 12.8 Å². The second-order valence-corrected chi connectivity index (χ2v) is 4.80. The van der Waals surface area contributed by atoms with Crippen molar-refractivity contribution in [2.45, 2.75) is 64.6 Å². The molecule has 3 unspecified atom stereocenters. The van der Waals surface area contributed by atoms with Crippen LogP contribution in [-0.2, 0) is 9.53 Å². The molecule has 0 aromatic heterocycles. The Labute approximate surface area is 104 Å². The number of carbonyl (C=O) groups is 1. The number of rotatable bonds is 7. The highest BCUT2D eigenvalue weighted by Gasteiger charge is 2.30. The van der Waals surface area contributed by atoms with Gasteiger partial charge in [-0.2, -0.15) is 0 Å². The minimum absolute atomic E-state index is 0.462. The lowest BCUT2D eigenvalue weighted by atomic mass is 10.1. The van der Waals surface area contributed by atoms with Gasteiger partial charge in [-0.05, 0) is 39.5 Å². The fraction of sp³-hybridized carbons (Fsp3) is 0.923. The first-order valence-electron chi connectivity index (χ1n) is 6.70. The van der Waals surface area contributed by atoms with Crippen LogP contribution in [0.2, 0.25) is 0 Å². The molecule has 0 amide bonds. The molecular formula is C13H25NO3. The maximum absolute atomic E-state index is 11.0. The van der Waals surface area contributed by atoms with Crippen molar-refractivity contribution < 1.29 is 14.6 Å². The van der Waals surface area contributed by atoms with Crippen LogP contribution < -0.4 is 0 Å². The molecule has 1 aliphatic heterocycles. The number of ether oxygens (including phenoxy) is 1. The first kappa shape index (κ1) is 14.5. The summed E-state index contributed by atoms with van der Waals surface area (Å²) in [4.78, 5) is 13.4. The predicted octanol–water partition coefficient (Wildman–Crippen LogP) is 2.13. The van der Waals surface area contributed by atoms with E-state index < -0.39 is 12.1 Å². The molecule has 0 saturated carbocycles. The van der Waals surface area contributed by atoms with Gasteiger partial charge in [-0.1, -0.05) is 6.92 Å². The van der Waals surface area contributed by atoms with E-state index in [2.05, 4.69) is 18.7 Å². The fourth-order valence-electron chi connectivity index (χ4n) is 2.71. The highest BCUT2D eigenvalue weighted by Crippen LogP contribution is 2.26. The lowest BCUT2D eigenvalue weighted by Crippen LogP contribution is -2.38. The maximum atomic E-state index is 11.0. The molecule has 0 aliphatic carbocycles. The monoisotopic (exact) mass is 243 g/mol. The summed E-state index contributed by atoms with van der Waals surface area (Å²) >= 11 is 0. The molecule has 1 fully saturated rings. The molecule has 0 spiro atoms. The van der Waals surface area contributed by atoms with Gasteiger partial charge in [-0.3, -0.25) is 4.90 Å². The van der Waals surface area contributed by atoms with Crippen LogP contribution in [0.25, 0.3) is 0 Å². The van der Waals surface area contributed by atoms with Crippen molar-refractivity contribution in [3.05, 3.63) is 0 Å². The summed E-state index contributed by atoms with van der Waals surface area (Å²) in [5, 5.41) is 9.02. The standard InChI is InChI=1S/C13H25NO3/c1-4-11-7-6-10(3)14(11)9-8-12(13(15)16)17-5-2/h10-12H,4-9H2,1-3H3,(H,15,16). The zero-order chi connectivity index (χ0) is 12.8. The van der Waals surface area contributed by atoms with Gasteiger partial charge in [0, 0.05) is 25.2 Å². The van der Waals surface area contributed by atoms with Gasteiger partial charge in [-0.15, -0.1) is 0 Å². The van der Waals surface area contributed by atoms with Crippen LogP contribution in [0.3, 0.4) is 0 Å². The molecular weight excluding hydrogens is 218 g/mol. The van der Waals surface area contributed by atoms with Crippen molar-refractivity contribution in [3.8, 4) is 0 Å². The van der Waals surface area contributed by atoms with Crippen molar-refractivity contribution in [2.24, 2.45) is 0 Å². The number of carboxylic acids is 1. The summed E-state index contributed by atoms with van der Waals surface area (Å²) in [5.41, 5.74) is 0. The Balaban J connectivity index is 2.44. The Morgan fingerprint density at radius 3 is 2.71 bits per heavy atom. The van der Waals surface area contributed by atoms with Crippen molar-refractivity contribution in [1.29, 1.82) is 0 Å². The lowest BCUT2D eigenvalue weighted by Gasteiger charge is -2.28. The van der Waals surface area contributed by atoms with Crippen LogP contribution in [-0.4, -0.2) is 47.3 Å². The van der Waals surface area contributed by atoms with Gasteiger partial charge in [0.05, 0.1) is 0 Å². The largest absolute Gasteiger partial charge is 0.479 e. The minimum Gasteiger partial charge on any atom is -0.479 e. The molecule has 1 rings (SSSR count). The molecule has 0 bridgehead atoms. The predicted molar refractivity (Wildman–Crippen MR) is 67.1 cm³/mol. The topological polar surface area (TPSA) is 49.8 Å². The zero-order valence-electron chi connectivity index (χ0n) is 11.2. The Morgan fingerprint density at radius 1 is 1.47 bits per heavy atom. The fourth-order valence-corrected chi connectivity index (χ4v) is 2.71. The van der Waals surface area contributed by atoms with Crippen LogP contribution in [0.15, 0.2) is 0 Å². The molecule has 100 valence electrons. The molecule has 1 N–H and O–H groups in total. The number of carboxylic acid groups (broad SMARTS) is 1. The average molecular weight is 243 g/mol. The second-order valence-electron chi connectivity index (χ2n) is 4.80. The zero-order valence-corrected chi connectivity index (χ0v) is 11.2. The van der Waals surface area contributed by atoms with Crippen LogP contribution >= 0.6 is 0 Å². The maximum Gasteiger partial charge on any atom is 0.332 e. The van der Waals surface area contributed by atoms with Crippen LogP contribution in [0.5, 0.6) is 0 Å². The van der Waals surface area contributed by atoms with E-state index in [1.54, 1.807) is 0 Å². The lowest BCUT2D eigenvalue weighted by molar-refractivity contribution is -0.150. The highest BCUT2D eigenvalue weighted by molar-refractivity contribution is 5.72. The molecule has 1 heterocycles. The molecule has 0 radical (unpaired) electrons. The Morgan fingerprint density at radius 2 is 2.18 bits per heavy atom. The van der Waals surface area contributed by atoms with E-state index in [0.29, 0.717) is 25.1 Å². The summed E-state index contributed by atoms with van der Waals surface area (Å²) in [6.45, 7) is 7.56. The summed E-state index contributed by atoms with van der Waals surface area (Å²) in [6.07, 6.45) is 3.56. The molecule has 4 heteroatoms. The Kier molecular flexibility index (Phi) is 5.92. The van der Waals surface area contributed by atoms with E-state index in [4.69, 9.17) is 9.84 Å². The van der Waals surface area contributed by atoms with E-state index >= 15 is 0 Å². The molecule has 1 aliphatic rings. The second kappa shape index (κ2) is 6.97. The molecule has 17 heavy (non-hydrogen) atoms. The summed E-state index contributed by atoms with van der Waals surface area (Å²) < 4.78 is 5.24. The van der Waals surface area contributed by atoms with Gasteiger partial charge in [0.2, 0.25) is 0 Å². The number of hydrogen-bond donors (Lipinski definition) is 1. The van der Waals surface area contributed by atoms with Crippen molar-refractivity contribution in [1.82, 2.24) is 4.90 Å². The average Bonchev–Trinajstić information content (AvgIpc) is 2.65. The number of nitrogens with zero attached hydrogens (tertiary/aromatic N) is 1. The van der Waals surface area contributed by atoms with Crippen molar-refractivity contribution in [2.75, 3.05) is 13.2 Å². The molecule has 3 atom stereocenters. The number of hydrogen-bond acceptors (Lipinski definition) is 3. The van der Waals surface area contributed by atoms with E-state index in [-0.39, 0.29) is 0 Å². The van der Waals surface area contributed by atoms with Gasteiger partial charge in [0.15, 0.2) is 6.10 Å². The van der Waals surface area contributed by atoms with Gasteiger partial charge in [0.1, 0.15) is 0 Å². The van der Waals surface area contributed by atoms with Crippen LogP contribution in [0.4, 0.5) is 0 Å². The third-order valence-corrected chi connectivity index (χ3v) is 3.72. The van der Waals surface area contributed by atoms with Crippen LogP contribution in [0.1, 0.15) is 46.5 Å². The van der Waals surface area contributed by atoms with Crippen molar-refractivity contribution in [3.63, 3.8) is 0 Å². The van der Waals surface area contributed by atoms with Gasteiger partial charge in [-0.25, -0.2) is 4.79 Å². The minimum atomic E-state index is -0.841. The van der Waals surface area contributed by atoms with Crippen molar-refractivity contribution >= 4 is 5.97 Å². The molecule has 4 nitrogen and oxygen atoms in total. The Hall–Kier alpha value is -0.610. The van der Waals surface area contributed by atoms with E-state index in [0.717, 1.165) is 13.0 Å². The smallest absolute Gasteiger partial charge is 0.332 e. The highest BCUT2D eigenvalue weighted by atomic mass is 16.5. The molecule has 0 aromatic carbocycles. The summed E-state index contributed by atoms with van der Waals surface area (Å²) in [6, 6.07) is 1.21. The van der Waals surface area contributed by atoms with E-state index in [9.17, 15) is 4.79 Å². The van der Waals surface area contributed by atoms with Crippen LogP contribution in [0, 0.1) is 0 Å². The third-order valence-electron chi connectivity index (χ3n) is 3.72. The summed E-state index contributed by atoms with van der Waals surface area (Å²) in [7, 11) is 0. The first-order chi connectivity index (χ1) is 8.10. The quantitative estimate of drug-likeness (QED) is 0.744. The normalized spacial score (nSPS) is 27.2. The van der Waals surface area contributed by atoms with Gasteiger partial charge in [0.25, 0.3) is 0 Å². The van der Waals surface area contributed by atoms with E-state index in [1.807, 2.05) is 6.92 Å². The molecule has 0 aromatic rings. The third kappa shape index (κ3) is 3.96. The molecule has 1 saturated heterocycles. The SMILES string of the molecule is CCOC(CCN1C(C)CCC1CC)C(=O)O. The van der Waals surface area contributed by atoms with Gasteiger partial charge >= 0.3 is 5.97 Å². The Bertz CT molecular complexity index is 245. The summed E-state index contributed by atoms with van der Waals surface area (Å²) in [5.74, 6) is -0.841. The number of likely N-dealkylation sites (tertiary alicyclic amines) is 1. The first-order valence-corrected chi connectivity index (χ1v) is 6.70. The number of aliphatic carboxylic acids is 1.